The predicted octanol–water partition coefficient (Wildman–Crippen LogP) is 4.62. The largest absolute Gasteiger partial charge is 0.361 e. The normalized spacial score (nSPS) is 14.3. The summed E-state index contributed by atoms with van der Waals surface area (Å²) in [4.78, 5) is 18.2. The van der Waals surface area contributed by atoms with E-state index in [4.69, 9.17) is 0 Å². The summed E-state index contributed by atoms with van der Waals surface area (Å²) in [6.07, 6.45) is 7.79. The summed E-state index contributed by atoms with van der Waals surface area (Å²) >= 11 is 0. The number of para-hydroxylation sites is 1. The number of nitrogens with zero attached hydrogens (tertiary/aromatic N) is 2. The summed E-state index contributed by atoms with van der Waals surface area (Å²) in [6, 6.07) is 20.0. The van der Waals surface area contributed by atoms with E-state index in [-0.39, 0.29) is 5.91 Å². The van der Waals surface area contributed by atoms with Gasteiger partial charge in [0.05, 0.1) is 11.3 Å². The lowest BCUT2D eigenvalue weighted by Crippen LogP contribution is -2.19. The van der Waals surface area contributed by atoms with Gasteiger partial charge >= 0.3 is 0 Å². The Kier molecular flexibility index (Phi) is 4.54. The van der Waals surface area contributed by atoms with Crippen molar-refractivity contribution in [3.05, 3.63) is 109 Å². The lowest BCUT2D eigenvalue weighted by molar-refractivity contribution is -0.112. The number of anilines is 2. The number of pyridine rings is 1. The minimum Gasteiger partial charge on any atom is -0.361 e. The average molecular weight is 353 g/mol. The monoisotopic (exact) mass is 353 g/mol. The van der Waals surface area contributed by atoms with Gasteiger partial charge in [0.2, 0.25) is 0 Å². The second-order valence-corrected chi connectivity index (χ2v) is 6.31. The van der Waals surface area contributed by atoms with Crippen molar-refractivity contribution in [1.82, 2.24) is 4.98 Å². The van der Waals surface area contributed by atoms with Gasteiger partial charge in [-0.1, -0.05) is 36.9 Å². The Bertz CT molecular complexity index is 1010. The molecule has 0 saturated carbocycles. The van der Waals surface area contributed by atoms with Crippen LogP contribution in [0, 0.1) is 0 Å². The van der Waals surface area contributed by atoms with E-state index < -0.39 is 0 Å². The van der Waals surface area contributed by atoms with E-state index in [9.17, 15) is 4.79 Å². The lowest BCUT2D eigenvalue weighted by Gasteiger charge is -2.09. The Morgan fingerprint density at radius 2 is 1.67 bits per heavy atom. The van der Waals surface area contributed by atoms with Crippen LogP contribution < -0.4 is 10.2 Å². The maximum atomic E-state index is 12.6. The van der Waals surface area contributed by atoms with E-state index in [1.165, 1.54) is 11.1 Å². The van der Waals surface area contributed by atoms with E-state index >= 15 is 0 Å². The second kappa shape index (κ2) is 7.30. The number of benzene rings is 2. The summed E-state index contributed by atoms with van der Waals surface area (Å²) < 4.78 is 0. The Morgan fingerprint density at radius 3 is 2.41 bits per heavy atom. The minimum absolute atomic E-state index is 0.0759. The molecule has 0 fully saturated rings. The highest BCUT2D eigenvalue weighted by Gasteiger charge is 2.30. The summed E-state index contributed by atoms with van der Waals surface area (Å²) in [5.41, 5.74) is 5.78. The highest BCUT2D eigenvalue weighted by molar-refractivity contribution is 6.33. The molecule has 2 aromatic carbocycles. The molecule has 4 rings (SSSR count). The van der Waals surface area contributed by atoms with Crippen LogP contribution >= 0.6 is 0 Å². The zero-order valence-electron chi connectivity index (χ0n) is 14.8. The van der Waals surface area contributed by atoms with Crippen molar-refractivity contribution in [3.8, 4) is 0 Å². The molecule has 0 saturated heterocycles. The molecule has 27 heavy (non-hydrogen) atoms. The van der Waals surface area contributed by atoms with Crippen molar-refractivity contribution in [1.29, 1.82) is 0 Å². The zero-order valence-corrected chi connectivity index (χ0v) is 14.8. The third-order valence-corrected chi connectivity index (χ3v) is 4.58. The molecule has 0 bridgehead atoms. The molecule has 0 atom stereocenters. The van der Waals surface area contributed by atoms with Crippen LogP contribution in [0.15, 0.2) is 92.0 Å². The third kappa shape index (κ3) is 3.37. The Hall–Kier alpha value is -3.66. The average Bonchev–Trinajstić information content (AvgIpc) is 2.99. The van der Waals surface area contributed by atoms with Crippen LogP contribution in [0.4, 0.5) is 11.4 Å². The number of carbonyl (C=O) groups excluding carboxylic acids is 1. The van der Waals surface area contributed by atoms with Gasteiger partial charge in [-0.2, -0.15) is 0 Å². The number of hydrogen-bond acceptors (Lipinski definition) is 3. The first-order valence-corrected chi connectivity index (χ1v) is 8.76. The maximum absolute atomic E-state index is 12.6. The van der Waals surface area contributed by atoms with E-state index in [1.54, 1.807) is 29.7 Å². The smallest absolute Gasteiger partial charge is 0.264 e. The van der Waals surface area contributed by atoms with Gasteiger partial charge in [-0.3, -0.25) is 14.7 Å². The molecular weight excluding hydrogens is 334 g/mol. The quantitative estimate of drug-likeness (QED) is 0.681. The molecule has 4 heteroatoms. The summed E-state index contributed by atoms with van der Waals surface area (Å²) in [5, 5.41) is 3.24. The highest BCUT2D eigenvalue weighted by atomic mass is 16.2. The Balaban J connectivity index is 1.51. The molecule has 4 nitrogen and oxygen atoms in total. The van der Waals surface area contributed by atoms with Crippen LogP contribution in [0.3, 0.4) is 0 Å². The summed E-state index contributed by atoms with van der Waals surface area (Å²) in [6.45, 7) is 3.74. The van der Waals surface area contributed by atoms with Crippen LogP contribution in [0.1, 0.15) is 16.7 Å². The molecule has 1 aliphatic heterocycles. The second-order valence-electron chi connectivity index (χ2n) is 6.31. The molecule has 0 spiro atoms. The number of aromatic nitrogens is 1. The van der Waals surface area contributed by atoms with Crippen LogP contribution in [0.25, 0.3) is 5.57 Å². The molecule has 3 aromatic rings. The first-order valence-electron chi connectivity index (χ1n) is 8.76. The van der Waals surface area contributed by atoms with Crippen molar-refractivity contribution < 1.29 is 4.79 Å². The van der Waals surface area contributed by atoms with Gasteiger partial charge in [0, 0.05) is 36.0 Å². The van der Waals surface area contributed by atoms with E-state index in [1.807, 2.05) is 48.5 Å². The van der Waals surface area contributed by atoms with Gasteiger partial charge in [0.25, 0.3) is 5.91 Å². The van der Waals surface area contributed by atoms with Gasteiger partial charge in [-0.25, -0.2) is 0 Å². The third-order valence-electron chi connectivity index (χ3n) is 4.58. The van der Waals surface area contributed by atoms with E-state index in [2.05, 4.69) is 29.0 Å². The first kappa shape index (κ1) is 16.8. The van der Waals surface area contributed by atoms with Gasteiger partial charge in [0.15, 0.2) is 0 Å². The Labute approximate surface area is 158 Å². The molecule has 132 valence electrons. The number of fused-ring (bicyclic) bond motifs is 1. The van der Waals surface area contributed by atoms with E-state index in [0.717, 1.165) is 23.4 Å². The van der Waals surface area contributed by atoms with Crippen molar-refractivity contribution in [3.63, 3.8) is 0 Å². The molecule has 0 radical (unpaired) electrons. The number of nitrogens with one attached hydrogen (secondary N) is 1. The van der Waals surface area contributed by atoms with Gasteiger partial charge in [-0.05, 0) is 47.9 Å². The van der Waals surface area contributed by atoms with Crippen LogP contribution in [0.2, 0.25) is 0 Å². The number of amides is 1. The fourth-order valence-electron chi connectivity index (χ4n) is 3.20. The summed E-state index contributed by atoms with van der Waals surface area (Å²) in [5.74, 6) is -0.0759. The molecule has 2 heterocycles. The number of hydrogen-bond donors (Lipinski definition) is 1. The molecule has 1 N–H and O–H groups in total. The van der Waals surface area contributed by atoms with Crippen LogP contribution in [-0.4, -0.2) is 10.9 Å². The predicted molar refractivity (Wildman–Crippen MR) is 109 cm³/mol. The topological polar surface area (TPSA) is 45.2 Å². The van der Waals surface area contributed by atoms with Crippen molar-refractivity contribution in [2.75, 3.05) is 10.2 Å². The molecule has 1 aliphatic rings. The highest BCUT2D eigenvalue weighted by Crippen LogP contribution is 2.36. The van der Waals surface area contributed by atoms with E-state index in [0.29, 0.717) is 5.57 Å². The molecule has 0 unspecified atom stereocenters. The zero-order chi connectivity index (χ0) is 18.6. The number of carbonyl (C=O) groups is 1. The van der Waals surface area contributed by atoms with Gasteiger partial charge in [-0.15, -0.1) is 0 Å². The van der Waals surface area contributed by atoms with Gasteiger partial charge in [0.1, 0.15) is 0 Å². The summed E-state index contributed by atoms with van der Waals surface area (Å²) in [7, 11) is 0. The van der Waals surface area contributed by atoms with Gasteiger partial charge < -0.3 is 5.32 Å². The first-order chi connectivity index (χ1) is 13.3. The molecular formula is C23H19N3O. The van der Waals surface area contributed by atoms with Crippen LogP contribution in [0.5, 0.6) is 0 Å². The van der Waals surface area contributed by atoms with Crippen molar-refractivity contribution in [2.24, 2.45) is 0 Å². The van der Waals surface area contributed by atoms with Crippen LogP contribution in [-0.2, 0) is 11.2 Å². The Morgan fingerprint density at radius 1 is 0.963 bits per heavy atom. The van der Waals surface area contributed by atoms with Crippen molar-refractivity contribution in [2.45, 2.75) is 6.42 Å². The fourth-order valence-corrected chi connectivity index (χ4v) is 3.20. The molecule has 1 aromatic heterocycles. The maximum Gasteiger partial charge on any atom is 0.264 e. The SMILES string of the molecule is C=CN1C(=O)C(=CNc2ccc(Cc3ccncc3)cc2)c2ccccc21. The molecule has 1 amide bonds. The number of rotatable bonds is 5. The lowest BCUT2D eigenvalue weighted by atomic mass is 10.1. The van der Waals surface area contributed by atoms with Crippen molar-refractivity contribution >= 4 is 22.9 Å². The minimum atomic E-state index is -0.0759. The molecule has 0 aliphatic carbocycles. The standard InChI is InChI=1S/C23H19N3O/c1-2-26-22-6-4-3-5-20(22)21(23(26)27)16-25-19-9-7-17(8-10-19)15-18-11-13-24-14-12-18/h2-14,16,25H,1,15H2. The fraction of sp³-hybridized carbons (Fsp3) is 0.0435.